The molecule has 0 aromatic heterocycles. The fraction of sp³-hybridized carbons (Fsp3) is 0.462. The van der Waals surface area contributed by atoms with Crippen molar-refractivity contribution in [2.24, 2.45) is 0 Å². The molecule has 2 unspecified atom stereocenters. The normalized spacial score (nSPS) is 22.0. The van der Waals surface area contributed by atoms with E-state index >= 15 is 0 Å². The predicted molar refractivity (Wildman–Crippen MR) is 61.9 cm³/mol. The fourth-order valence-corrected chi connectivity index (χ4v) is 2.14. The molecule has 17 heavy (non-hydrogen) atoms. The SMILES string of the molecule is Cc1ccc(C(C)N2CC(O)CC2=O)cc1F. The molecule has 0 saturated carbocycles. The van der Waals surface area contributed by atoms with Gasteiger partial charge in [0.25, 0.3) is 0 Å². The summed E-state index contributed by atoms with van der Waals surface area (Å²) in [6.45, 7) is 3.88. The summed E-state index contributed by atoms with van der Waals surface area (Å²) in [6.07, 6.45) is -0.432. The lowest BCUT2D eigenvalue weighted by Gasteiger charge is -2.24. The second-order valence-corrected chi connectivity index (χ2v) is 4.59. The monoisotopic (exact) mass is 237 g/mol. The lowest BCUT2D eigenvalue weighted by molar-refractivity contribution is -0.129. The Bertz CT molecular complexity index is 447. The van der Waals surface area contributed by atoms with Crippen LogP contribution in [0.2, 0.25) is 0 Å². The van der Waals surface area contributed by atoms with Gasteiger partial charge in [-0.2, -0.15) is 0 Å². The van der Waals surface area contributed by atoms with Crippen molar-refractivity contribution in [2.45, 2.75) is 32.4 Å². The molecule has 1 aromatic rings. The van der Waals surface area contributed by atoms with Crippen molar-refractivity contribution in [3.8, 4) is 0 Å². The van der Waals surface area contributed by atoms with Crippen LogP contribution in [0, 0.1) is 12.7 Å². The minimum absolute atomic E-state index is 0.0778. The van der Waals surface area contributed by atoms with Crippen LogP contribution in [0.3, 0.4) is 0 Å². The Morgan fingerprint density at radius 1 is 1.53 bits per heavy atom. The number of benzene rings is 1. The number of hydrogen-bond acceptors (Lipinski definition) is 2. The quantitative estimate of drug-likeness (QED) is 0.852. The smallest absolute Gasteiger partial charge is 0.225 e. The molecule has 1 saturated heterocycles. The largest absolute Gasteiger partial charge is 0.391 e. The summed E-state index contributed by atoms with van der Waals surface area (Å²) in [7, 11) is 0. The Hall–Kier alpha value is -1.42. The van der Waals surface area contributed by atoms with Crippen LogP contribution >= 0.6 is 0 Å². The molecule has 1 heterocycles. The van der Waals surface area contributed by atoms with Crippen molar-refractivity contribution >= 4 is 5.91 Å². The third-order valence-electron chi connectivity index (χ3n) is 3.28. The van der Waals surface area contributed by atoms with Gasteiger partial charge in [0.15, 0.2) is 0 Å². The number of likely N-dealkylation sites (tertiary alicyclic amines) is 1. The molecule has 0 bridgehead atoms. The number of aryl methyl sites for hydroxylation is 1. The summed E-state index contributed by atoms with van der Waals surface area (Å²) in [5, 5.41) is 9.43. The average Bonchev–Trinajstić information content (AvgIpc) is 2.61. The molecule has 2 atom stereocenters. The van der Waals surface area contributed by atoms with E-state index in [0.717, 1.165) is 5.56 Å². The average molecular weight is 237 g/mol. The summed E-state index contributed by atoms with van der Waals surface area (Å²) in [5.41, 5.74) is 1.35. The predicted octanol–water partition coefficient (Wildman–Crippen LogP) is 1.79. The van der Waals surface area contributed by atoms with Gasteiger partial charge in [-0.1, -0.05) is 12.1 Å². The van der Waals surface area contributed by atoms with E-state index in [2.05, 4.69) is 0 Å². The van der Waals surface area contributed by atoms with Gasteiger partial charge in [-0.15, -0.1) is 0 Å². The second kappa shape index (κ2) is 4.45. The zero-order valence-electron chi connectivity index (χ0n) is 9.98. The molecule has 1 fully saturated rings. The number of amides is 1. The Balaban J connectivity index is 2.22. The third-order valence-corrected chi connectivity index (χ3v) is 3.28. The molecule has 92 valence electrons. The highest BCUT2D eigenvalue weighted by atomic mass is 19.1. The lowest BCUT2D eigenvalue weighted by Crippen LogP contribution is -2.29. The van der Waals surface area contributed by atoms with Gasteiger partial charge < -0.3 is 10.0 Å². The summed E-state index contributed by atoms with van der Waals surface area (Å²) < 4.78 is 13.4. The number of carbonyl (C=O) groups is 1. The molecule has 1 aliphatic heterocycles. The maximum Gasteiger partial charge on any atom is 0.225 e. The maximum absolute atomic E-state index is 13.4. The first-order chi connectivity index (χ1) is 7.99. The molecule has 1 N–H and O–H groups in total. The Morgan fingerprint density at radius 2 is 2.24 bits per heavy atom. The molecule has 1 amide bonds. The van der Waals surface area contributed by atoms with Gasteiger partial charge in [-0.3, -0.25) is 4.79 Å². The van der Waals surface area contributed by atoms with Crippen molar-refractivity contribution in [3.63, 3.8) is 0 Å². The van der Waals surface area contributed by atoms with E-state index in [4.69, 9.17) is 0 Å². The maximum atomic E-state index is 13.4. The first-order valence-corrected chi connectivity index (χ1v) is 5.72. The van der Waals surface area contributed by atoms with Gasteiger partial charge in [-0.25, -0.2) is 4.39 Å². The molecule has 3 nitrogen and oxygen atoms in total. The number of carbonyl (C=O) groups excluding carboxylic acids is 1. The molecule has 0 spiro atoms. The van der Waals surface area contributed by atoms with Crippen molar-refractivity contribution in [1.82, 2.24) is 4.90 Å². The molecular formula is C13H16FNO2. The molecule has 1 aromatic carbocycles. The van der Waals surface area contributed by atoms with E-state index in [1.165, 1.54) is 6.07 Å². The van der Waals surface area contributed by atoms with Crippen LogP contribution in [-0.4, -0.2) is 28.6 Å². The third kappa shape index (κ3) is 2.31. The summed E-state index contributed by atoms with van der Waals surface area (Å²) in [4.78, 5) is 13.2. The van der Waals surface area contributed by atoms with E-state index in [1.54, 1.807) is 17.9 Å². The number of nitrogens with zero attached hydrogens (tertiary/aromatic N) is 1. The molecule has 4 heteroatoms. The van der Waals surface area contributed by atoms with Crippen LogP contribution in [-0.2, 0) is 4.79 Å². The van der Waals surface area contributed by atoms with Crippen LogP contribution in [0.4, 0.5) is 4.39 Å². The number of hydrogen-bond donors (Lipinski definition) is 1. The van der Waals surface area contributed by atoms with Crippen LogP contribution in [0.5, 0.6) is 0 Å². The zero-order chi connectivity index (χ0) is 12.6. The summed E-state index contributed by atoms with van der Waals surface area (Å²) in [5.74, 6) is -0.340. The molecule has 1 aliphatic rings. The van der Waals surface area contributed by atoms with Crippen molar-refractivity contribution in [2.75, 3.05) is 6.54 Å². The van der Waals surface area contributed by atoms with Crippen molar-refractivity contribution in [1.29, 1.82) is 0 Å². The summed E-state index contributed by atoms with van der Waals surface area (Å²) in [6, 6.07) is 4.78. The van der Waals surface area contributed by atoms with Crippen molar-refractivity contribution in [3.05, 3.63) is 35.1 Å². The second-order valence-electron chi connectivity index (χ2n) is 4.59. The first-order valence-electron chi connectivity index (χ1n) is 5.72. The van der Waals surface area contributed by atoms with Gasteiger partial charge >= 0.3 is 0 Å². The molecule has 0 radical (unpaired) electrons. The summed E-state index contributed by atoms with van der Waals surface area (Å²) >= 11 is 0. The van der Waals surface area contributed by atoms with Gasteiger partial charge in [0, 0.05) is 6.54 Å². The van der Waals surface area contributed by atoms with E-state index in [0.29, 0.717) is 12.1 Å². The van der Waals surface area contributed by atoms with E-state index in [1.807, 2.05) is 13.0 Å². The highest BCUT2D eigenvalue weighted by molar-refractivity contribution is 5.79. The van der Waals surface area contributed by atoms with Crippen LogP contribution < -0.4 is 0 Å². The molecule has 0 aliphatic carbocycles. The minimum Gasteiger partial charge on any atom is -0.391 e. The van der Waals surface area contributed by atoms with E-state index in [9.17, 15) is 14.3 Å². The van der Waals surface area contributed by atoms with Gasteiger partial charge in [-0.05, 0) is 31.0 Å². The van der Waals surface area contributed by atoms with Gasteiger partial charge in [0.05, 0.1) is 18.6 Å². The van der Waals surface area contributed by atoms with Gasteiger partial charge in [0.2, 0.25) is 5.91 Å². The van der Waals surface area contributed by atoms with Crippen molar-refractivity contribution < 1.29 is 14.3 Å². The van der Waals surface area contributed by atoms with E-state index < -0.39 is 6.10 Å². The Morgan fingerprint density at radius 3 is 2.76 bits per heavy atom. The first kappa shape index (κ1) is 12.0. The standard InChI is InChI=1S/C13H16FNO2/c1-8-3-4-10(5-12(8)14)9(2)15-7-11(16)6-13(15)17/h3-5,9,11,16H,6-7H2,1-2H3. The number of aliphatic hydroxyl groups is 1. The topological polar surface area (TPSA) is 40.5 Å². The number of aliphatic hydroxyl groups excluding tert-OH is 1. The van der Waals surface area contributed by atoms with Crippen LogP contribution in [0.25, 0.3) is 0 Å². The number of rotatable bonds is 2. The van der Waals surface area contributed by atoms with Crippen LogP contribution in [0.1, 0.15) is 30.5 Å². The van der Waals surface area contributed by atoms with E-state index in [-0.39, 0.29) is 24.2 Å². The highest BCUT2D eigenvalue weighted by Gasteiger charge is 2.31. The Labute approximate surface area is 99.9 Å². The highest BCUT2D eigenvalue weighted by Crippen LogP contribution is 2.26. The molecular weight excluding hydrogens is 221 g/mol. The number of halogens is 1. The minimum atomic E-state index is -0.597. The lowest BCUT2D eigenvalue weighted by atomic mass is 10.1. The zero-order valence-corrected chi connectivity index (χ0v) is 9.98. The van der Waals surface area contributed by atoms with Crippen LogP contribution in [0.15, 0.2) is 18.2 Å². The fourth-order valence-electron chi connectivity index (χ4n) is 2.14. The Kier molecular flexibility index (Phi) is 3.15. The number of β-amino-alcohol motifs (C(OH)–C–C–N with tert-alkyl or cyclic N) is 1. The van der Waals surface area contributed by atoms with Gasteiger partial charge in [0.1, 0.15) is 5.82 Å². The molecule has 2 rings (SSSR count).